The van der Waals surface area contributed by atoms with Gasteiger partial charge in [-0.05, 0) is 53.9 Å². The molecule has 4 aromatic rings. The molecular formula is C33H31F5N2O4S. The average Bonchev–Trinajstić information content (AvgIpc) is 3.44. The Morgan fingerprint density at radius 2 is 1.64 bits per heavy atom. The standard InChI is InChI=1S/C33H31F5N2O4S/c1-18-24(14-25-26(33(36,37)38)8-6-9-27(25)34)32-40(31(41)29(18)23-7-5-10-28(44-4)30(23)35)20(17-45-32)16-39-15-19-11-21(42-2)13-22(12-19)43-3/h5-13,20,39H,14-17H2,1-4H3. The molecule has 0 saturated heterocycles. The van der Waals surface area contributed by atoms with Gasteiger partial charge in [0.15, 0.2) is 11.6 Å². The van der Waals surface area contributed by atoms with Gasteiger partial charge in [0.25, 0.3) is 5.56 Å². The molecular weight excluding hydrogens is 615 g/mol. The van der Waals surface area contributed by atoms with E-state index in [-0.39, 0.29) is 22.4 Å². The van der Waals surface area contributed by atoms with Crippen LogP contribution < -0.4 is 25.1 Å². The molecule has 0 bridgehead atoms. The molecule has 1 atom stereocenters. The van der Waals surface area contributed by atoms with Gasteiger partial charge in [0.2, 0.25) is 0 Å². The number of rotatable bonds is 10. The maximum absolute atomic E-state index is 15.6. The van der Waals surface area contributed by atoms with Crippen molar-refractivity contribution in [1.82, 2.24) is 9.88 Å². The van der Waals surface area contributed by atoms with E-state index in [1.165, 1.54) is 41.6 Å². The number of thioether (sulfide) groups is 1. The Kier molecular flexibility index (Phi) is 9.45. The van der Waals surface area contributed by atoms with E-state index in [1.54, 1.807) is 27.2 Å². The summed E-state index contributed by atoms with van der Waals surface area (Å²) < 4.78 is 89.9. The summed E-state index contributed by atoms with van der Waals surface area (Å²) in [6, 6.07) is 12.2. The van der Waals surface area contributed by atoms with Crippen LogP contribution in [0.15, 0.2) is 64.4 Å². The third-order valence-electron chi connectivity index (χ3n) is 7.87. The van der Waals surface area contributed by atoms with Crippen molar-refractivity contribution >= 4 is 11.8 Å². The predicted octanol–water partition coefficient (Wildman–Crippen LogP) is 7.17. The normalized spacial score (nSPS) is 14.4. The average molecular weight is 647 g/mol. The van der Waals surface area contributed by atoms with E-state index in [1.807, 2.05) is 12.1 Å². The smallest absolute Gasteiger partial charge is 0.416 e. The quantitative estimate of drug-likeness (QED) is 0.184. The largest absolute Gasteiger partial charge is 0.497 e. The lowest BCUT2D eigenvalue weighted by molar-refractivity contribution is -0.138. The molecule has 0 amide bonds. The molecule has 45 heavy (non-hydrogen) atoms. The van der Waals surface area contributed by atoms with Gasteiger partial charge in [0.05, 0.1) is 43.5 Å². The zero-order valence-electron chi connectivity index (χ0n) is 25.0. The number of fused-ring (bicyclic) bond motifs is 1. The number of ether oxygens (including phenoxy) is 3. The summed E-state index contributed by atoms with van der Waals surface area (Å²) in [5.74, 6) is -0.239. The highest BCUT2D eigenvalue weighted by Gasteiger charge is 2.36. The third kappa shape index (κ3) is 6.39. The summed E-state index contributed by atoms with van der Waals surface area (Å²) in [6.45, 7) is 2.27. The molecule has 2 heterocycles. The number of hydrogen-bond donors (Lipinski definition) is 1. The number of benzene rings is 3. The van der Waals surface area contributed by atoms with Crippen LogP contribution >= 0.6 is 11.8 Å². The van der Waals surface area contributed by atoms with Gasteiger partial charge in [-0.3, -0.25) is 9.36 Å². The molecule has 3 aromatic carbocycles. The molecule has 0 fully saturated rings. The molecule has 1 aliphatic rings. The number of hydrogen-bond acceptors (Lipinski definition) is 6. The summed E-state index contributed by atoms with van der Waals surface area (Å²) in [4.78, 5) is 14.2. The van der Waals surface area contributed by atoms with Crippen LogP contribution in [0.25, 0.3) is 11.1 Å². The van der Waals surface area contributed by atoms with Gasteiger partial charge in [0.1, 0.15) is 17.3 Å². The van der Waals surface area contributed by atoms with Crippen molar-refractivity contribution in [2.45, 2.75) is 37.1 Å². The van der Waals surface area contributed by atoms with E-state index >= 15 is 8.78 Å². The Morgan fingerprint density at radius 3 is 2.29 bits per heavy atom. The monoisotopic (exact) mass is 646 g/mol. The first-order valence-electron chi connectivity index (χ1n) is 14.0. The molecule has 0 aliphatic carbocycles. The van der Waals surface area contributed by atoms with Gasteiger partial charge in [0, 0.05) is 42.5 Å². The first-order valence-corrected chi connectivity index (χ1v) is 15.0. The van der Waals surface area contributed by atoms with Crippen molar-refractivity contribution < 1.29 is 36.2 Å². The van der Waals surface area contributed by atoms with Gasteiger partial charge in [-0.15, -0.1) is 11.8 Å². The minimum atomic E-state index is -4.80. The molecule has 0 saturated carbocycles. The Bertz CT molecular complexity index is 1770. The maximum atomic E-state index is 15.6. The fourth-order valence-electron chi connectivity index (χ4n) is 5.64. The van der Waals surface area contributed by atoms with E-state index in [0.717, 1.165) is 23.8 Å². The number of alkyl halides is 3. The van der Waals surface area contributed by atoms with Crippen LogP contribution in [-0.4, -0.2) is 38.2 Å². The molecule has 0 radical (unpaired) electrons. The number of methoxy groups -OCH3 is 3. The topological polar surface area (TPSA) is 61.7 Å². The summed E-state index contributed by atoms with van der Waals surface area (Å²) in [5.41, 5.74) is -0.733. The van der Waals surface area contributed by atoms with Crippen molar-refractivity contribution in [3.05, 3.63) is 104 Å². The minimum absolute atomic E-state index is 0.0138. The highest BCUT2D eigenvalue weighted by atomic mass is 32.2. The Hall–Kier alpha value is -4.03. The second-order valence-electron chi connectivity index (χ2n) is 10.5. The summed E-state index contributed by atoms with van der Waals surface area (Å²) in [5, 5.41) is 3.76. The van der Waals surface area contributed by atoms with Crippen molar-refractivity contribution in [3.63, 3.8) is 0 Å². The number of halogens is 5. The van der Waals surface area contributed by atoms with E-state index in [2.05, 4.69) is 5.32 Å². The summed E-state index contributed by atoms with van der Waals surface area (Å²) in [6.07, 6.45) is -5.25. The summed E-state index contributed by atoms with van der Waals surface area (Å²) in [7, 11) is 4.39. The van der Waals surface area contributed by atoms with Gasteiger partial charge < -0.3 is 19.5 Å². The van der Waals surface area contributed by atoms with E-state index < -0.39 is 47.0 Å². The van der Waals surface area contributed by atoms with Crippen LogP contribution in [0.4, 0.5) is 22.0 Å². The lowest BCUT2D eigenvalue weighted by Crippen LogP contribution is -2.33. The fourth-order valence-corrected chi connectivity index (χ4v) is 7.02. The lowest BCUT2D eigenvalue weighted by Gasteiger charge is -2.22. The van der Waals surface area contributed by atoms with Crippen molar-refractivity contribution in [3.8, 4) is 28.4 Å². The first kappa shape index (κ1) is 32.4. The number of nitrogens with one attached hydrogen (secondary N) is 1. The van der Waals surface area contributed by atoms with Crippen molar-refractivity contribution in [2.24, 2.45) is 0 Å². The van der Waals surface area contributed by atoms with Gasteiger partial charge >= 0.3 is 6.18 Å². The fraction of sp³-hybridized carbons (Fsp3) is 0.303. The van der Waals surface area contributed by atoms with Crippen LogP contribution in [0.5, 0.6) is 17.2 Å². The second-order valence-corrected chi connectivity index (χ2v) is 11.5. The lowest BCUT2D eigenvalue weighted by atomic mass is 9.92. The number of nitrogens with zero attached hydrogens (tertiary/aromatic N) is 1. The Balaban J connectivity index is 1.61. The molecule has 0 spiro atoms. The van der Waals surface area contributed by atoms with Crippen LogP contribution in [0.3, 0.4) is 0 Å². The zero-order chi connectivity index (χ0) is 32.5. The highest BCUT2D eigenvalue weighted by molar-refractivity contribution is 7.99. The summed E-state index contributed by atoms with van der Waals surface area (Å²) >= 11 is 1.30. The van der Waals surface area contributed by atoms with E-state index in [9.17, 15) is 18.0 Å². The second kappa shape index (κ2) is 13.1. The number of pyridine rings is 1. The van der Waals surface area contributed by atoms with Crippen LogP contribution in [0, 0.1) is 18.6 Å². The molecule has 1 aromatic heterocycles. The van der Waals surface area contributed by atoms with Gasteiger partial charge in [-0.1, -0.05) is 18.2 Å². The van der Waals surface area contributed by atoms with Crippen LogP contribution in [0.2, 0.25) is 0 Å². The first-order chi connectivity index (χ1) is 21.5. The van der Waals surface area contributed by atoms with Crippen LogP contribution in [-0.2, 0) is 19.1 Å². The number of aromatic nitrogens is 1. The molecule has 6 nitrogen and oxygen atoms in total. The Labute approximate surface area is 261 Å². The highest BCUT2D eigenvalue weighted by Crippen LogP contribution is 2.42. The van der Waals surface area contributed by atoms with E-state index in [0.29, 0.717) is 40.9 Å². The third-order valence-corrected chi connectivity index (χ3v) is 9.13. The van der Waals surface area contributed by atoms with Crippen LogP contribution in [0.1, 0.15) is 33.9 Å². The van der Waals surface area contributed by atoms with Gasteiger partial charge in [-0.2, -0.15) is 13.2 Å². The molecule has 238 valence electrons. The predicted molar refractivity (Wildman–Crippen MR) is 163 cm³/mol. The molecule has 1 N–H and O–H groups in total. The van der Waals surface area contributed by atoms with E-state index in [4.69, 9.17) is 14.2 Å². The SMILES string of the molecule is COc1cc(CNCC2CSc3c(Cc4c(F)cccc4C(F)(F)F)c(C)c(-c4cccc(OC)c4F)c(=O)n32)cc(OC)c1. The minimum Gasteiger partial charge on any atom is -0.497 e. The van der Waals surface area contributed by atoms with Crippen molar-refractivity contribution in [2.75, 3.05) is 33.6 Å². The zero-order valence-corrected chi connectivity index (χ0v) is 25.8. The maximum Gasteiger partial charge on any atom is 0.416 e. The van der Waals surface area contributed by atoms with Crippen molar-refractivity contribution in [1.29, 1.82) is 0 Å². The molecule has 1 unspecified atom stereocenters. The molecule has 1 aliphatic heterocycles. The Morgan fingerprint density at radius 1 is 0.956 bits per heavy atom. The molecule has 12 heteroatoms. The molecule has 5 rings (SSSR count). The van der Waals surface area contributed by atoms with Gasteiger partial charge in [-0.25, -0.2) is 8.78 Å².